The zero-order valence-electron chi connectivity index (χ0n) is 18.1. The van der Waals surface area contributed by atoms with Crippen LogP contribution in [0.3, 0.4) is 0 Å². The monoisotopic (exact) mass is 453 g/mol. The average Bonchev–Trinajstić information content (AvgIpc) is 3.68. The number of rotatable bonds is 6. The zero-order valence-corrected chi connectivity index (χ0v) is 18.9. The van der Waals surface area contributed by atoms with Crippen LogP contribution in [0, 0.1) is 5.92 Å². The Morgan fingerprint density at radius 1 is 0.938 bits per heavy atom. The first-order valence-electron chi connectivity index (χ1n) is 10.8. The van der Waals surface area contributed by atoms with Crippen molar-refractivity contribution in [3.05, 3.63) is 71.1 Å². The number of nitrogens with zero attached hydrogens (tertiary/aromatic N) is 3. The fourth-order valence-corrected chi connectivity index (χ4v) is 4.97. The molecular formula is C24H27N3O4S. The molecule has 2 aromatic carbocycles. The van der Waals surface area contributed by atoms with Crippen LogP contribution in [0.25, 0.3) is 6.08 Å². The number of amides is 2. The average molecular weight is 454 g/mol. The minimum absolute atomic E-state index is 0.0337. The van der Waals surface area contributed by atoms with Gasteiger partial charge in [-0.2, -0.15) is 4.31 Å². The summed E-state index contributed by atoms with van der Waals surface area (Å²) in [6.45, 7) is 1.05. The molecule has 8 heteroatoms. The third-order valence-corrected chi connectivity index (χ3v) is 7.44. The summed E-state index contributed by atoms with van der Waals surface area (Å²) in [6.07, 6.45) is 3.37. The predicted molar refractivity (Wildman–Crippen MR) is 124 cm³/mol. The van der Waals surface area contributed by atoms with Gasteiger partial charge in [0, 0.05) is 44.6 Å². The second-order valence-electron chi connectivity index (χ2n) is 8.14. The maximum atomic E-state index is 13.2. The van der Waals surface area contributed by atoms with Crippen LogP contribution in [0.15, 0.2) is 60.0 Å². The number of para-hydroxylation sites is 1. The van der Waals surface area contributed by atoms with E-state index in [2.05, 4.69) is 0 Å². The van der Waals surface area contributed by atoms with Gasteiger partial charge in [0.15, 0.2) is 0 Å². The Hall–Kier alpha value is -2.97. The molecule has 0 N–H and O–H groups in total. The number of carbonyl (C=O) groups is 2. The Balaban J connectivity index is 1.42. The van der Waals surface area contributed by atoms with Gasteiger partial charge in [0.1, 0.15) is 0 Å². The molecule has 2 aromatic rings. The maximum Gasteiger partial charge on any atom is 0.256 e. The highest BCUT2D eigenvalue weighted by Crippen LogP contribution is 2.33. The van der Waals surface area contributed by atoms with Crippen molar-refractivity contribution >= 4 is 33.6 Å². The van der Waals surface area contributed by atoms with Gasteiger partial charge in [0.25, 0.3) is 5.91 Å². The topological polar surface area (TPSA) is 78.0 Å². The first-order chi connectivity index (χ1) is 15.4. The summed E-state index contributed by atoms with van der Waals surface area (Å²) in [5.41, 5.74) is 1.87. The van der Waals surface area contributed by atoms with Crippen LogP contribution in [-0.2, 0) is 14.8 Å². The fourth-order valence-electron chi connectivity index (χ4n) is 3.80. The van der Waals surface area contributed by atoms with Crippen LogP contribution in [0.2, 0.25) is 0 Å². The number of sulfonamides is 1. The van der Waals surface area contributed by atoms with Crippen molar-refractivity contribution in [2.45, 2.75) is 12.8 Å². The number of carbonyl (C=O) groups excluding carboxylic acids is 2. The van der Waals surface area contributed by atoms with Gasteiger partial charge in [-0.05, 0) is 36.6 Å². The number of anilines is 1. The highest BCUT2D eigenvalue weighted by atomic mass is 32.2. The van der Waals surface area contributed by atoms with E-state index in [4.69, 9.17) is 0 Å². The largest absolute Gasteiger partial charge is 0.336 e. The summed E-state index contributed by atoms with van der Waals surface area (Å²) in [5, 5.41) is 1.22. The molecule has 0 bridgehead atoms. The van der Waals surface area contributed by atoms with Crippen LogP contribution in [-0.4, -0.2) is 62.7 Å². The third kappa shape index (κ3) is 4.92. The molecule has 1 saturated heterocycles. The van der Waals surface area contributed by atoms with Crippen LogP contribution < -0.4 is 4.90 Å². The molecule has 4 rings (SSSR count). The van der Waals surface area contributed by atoms with Crippen LogP contribution >= 0.6 is 0 Å². The summed E-state index contributed by atoms with van der Waals surface area (Å²) in [4.78, 5) is 28.9. The Morgan fingerprint density at radius 2 is 1.56 bits per heavy atom. The van der Waals surface area contributed by atoms with Gasteiger partial charge in [-0.25, -0.2) is 8.42 Å². The molecule has 1 saturated carbocycles. The van der Waals surface area contributed by atoms with E-state index in [1.807, 2.05) is 36.4 Å². The van der Waals surface area contributed by atoms with Crippen molar-refractivity contribution in [1.82, 2.24) is 9.21 Å². The van der Waals surface area contributed by atoms with E-state index in [1.165, 1.54) is 9.71 Å². The molecular weight excluding hydrogens is 426 g/mol. The molecule has 7 nitrogen and oxygen atoms in total. The molecule has 32 heavy (non-hydrogen) atoms. The van der Waals surface area contributed by atoms with E-state index in [-0.39, 0.29) is 30.8 Å². The van der Waals surface area contributed by atoms with E-state index in [0.717, 1.165) is 18.4 Å². The van der Waals surface area contributed by atoms with Crippen LogP contribution in [0.4, 0.5) is 5.69 Å². The van der Waals surface area contributed by atoms with Gasteiger partial charge in [0.05, 0.1) is 11.3 Å². The summed E-state index contributed by atoms with van der Waals surface area (Å²) in [7, 11) is -1.86. The highest BCUT2D eigenvalue weighted by molar-refractivity contribution is 7.92. The molecule has 0 atom stereocenters. The number of benzene rings is 2. The SMILES string of the molecule is CN(C(=O)C1CC1)c1ccccc1C(=O)N1CCN(S(=O)(=O)/C=C/c2ccccc2)CC1. The maximum absolute atomic E-state index is 13.2. The molecule has 0 aromatic heterocycles. The Labute approximate surface area is 189 Å². The van der Waals surface area contributed by atoms with Gasteiger partial charge in [-0.1, -0.05) is 42.5 Å². The van der Waals surface area contributed by atoms with Crippen molar-refractivity contribution in [1.29, 1.82) is 0 Å². The number of hydrogen-bond acceptors (Lipinski definition) is 4. The van der Waals surface area contributed by atoms with E-state index in [1.54, 1.807) is 41.1 Å². The van der Waals surface area contributed by atoms with Gasteiger partial charge in [-0.15, -0.1) is 0 Å². The lowest BCUT2D eigenvalue weighted by Crippen LogP contribution is -2.50. The molecule has 2 aliphatic rings. The van der Waals surface area contributed by atoms with Gasteiger partial charge in [0.2, 0.25) is 15.9 Å². The normalized spacial score (nSPS) is 17.5. The van der Waals surface area contributed by atoms with E-state index < -0.39 is 10.0 Å². The van der Waals surface area contributed by atoms with Crippen LogP contribution in [0.1, 0.15) is 28.8 Å². The Kier molecular flexibility index (Phi) is 6.43. The van der Waals surface area contributed by atoms with Crippen LogP contribution in [0.5, 0.6) is 0 Å². The second kappa shape index (κ2) is 9.26. The molecule has 0 radical (unpaired) electrons. The standard InChI is InChI=1S/C24H27N3O4S/c1-25(23(28)20-11-12-20)22-10-6-5-9-21(22)24(29)26-14-16-27(17-15-26)32(30,31)18-13-19-7-3-2-4-8-19/h2-10,13,18,20H,11-12,14-17H2,1H3/b18-13+. The number of piperazine rings is 1. The number of hydrogen-bond donors (Lipinski definition) is 0. The summed E-state index contributed by atoms with van der Waals surface area (Å²) in [5.74, 6) is -0.0971. The van der Waals surface area contributed by atoms with Crippen molar-refractivity contribution in [3.63, 3.8) is 0 Å². The fraction of sp³-hybridized carbons (Fsp3) is 0.333. The smallest absolute Gasteiger partial charge is 0.256 e. The molecule has 1 heterocycles. The third-order valence-electron chi connectivity index (χ3n) is 5.87. The second-order valence-corrected chi connectivity index (χ2v) is 9.96. The molecule has 2 amide bonds. The predicted octanol–water partition coefficient (Wildman–Crippen LogP) is 2.82. The Bertz CT molecular complexity index is 1120. The van der Waals surface area contributed by atoms with Gasteiger partial charge in [-0.3, -0.25) is 9.59 Å². The quantitative estimate of drug-likeness (QED) is 0.674. The van der Waals surface area contributed by atoms with E-state index in [9.17, 15) is 18.0 Å². The molecule has 0 unspecified atom stereocenters. The van der Waals surface area contributed by atoms with E-state index in [0.29, 0.717) is 24.3 Å². The molecule has 1 aliphatic heterocycles. The van der Waals surface area contributed by atoms with Gasteiger partial charge >= 0.3 is 0 Å². The minimum atomic E-state index is -3.57. The summed E-state index contributed by atoms with van der Waals surface area (Å²) < 4.78 is 26.8. The van der Waals surface area contributed by atoms with Crippen molar-refractivity contribution in [2.24, 2.45) is 5.92 Å². The Morgan fingerprint density at radius 3 is 2.22 bits per heavy atom. The highest BCUT2D eigenvalue weighted by Gasteiger charge is 2.34. The summed E-state index contributed by atoms with van der Waals surface area (Å²) in [6, 6.07) is 16.3. The molecule has 1 aliphatic carbocycles. The lowest BCUT2D eigenvalue weighted by molar-refractivity contribution is -0.119. The minimum Gasteiger partial charge on any atom is -0.336 e. The first kappa shape index (κ1) is 22.2. The zero-order chi connectivity index (χ0) is 22.7. The van der Waals surface area contributed by atoms with E-state index >= 15 is 0 Å². The van der Waals surface area contributed by atoms with Crippen molar-refractivity contribution in [3.8, 4) is 0 Å². The summed E-state index contributed by atoms with van der Waals surface area (Å²) >= 11 is 0. The molecule has 2 fully saturated rings. The van der Waals surface area contributed by atoms with Crippen molar-refractivity contribution < 1.29 is 18.0 Å². The lowest BCUT2D eigenvalue weighted by Gasteiger charge is -2.34. The first-order valence-corrected chi connectivity index (χ1v) is 12.3. The molecule has 0 spiro atoms. The van der Waals surface area contributed by atoms with Gasteiger partial charge < -0.3 is 9.80 Å². The molecule has 168 valence electrons. The van der Waals surface area contributed by atoms with Crippen molar-refractivity contribution in [2.75, 3.05) is 38.1 Å². The lowest BCUT2D eigenvalue weighted by atomic mass is 10.1.